The van der Waals surface area contributed by atoms with Crippen molar-refractivity contribution in [2.24, 2.45) is 5.41 Å². The van der Waals surface area contributed by atoms with Gasteiger partial charge < -0.3 is 19.7 Å². The summed E-state index contributed by atoms with van der Waals surface area (Å²) in [7, 11) is 0. The zero-order valence-electron chi connectivity index (χ0n) is 15.4. The van der Waals surface area contributed by atoms with Crippen molar-refractivity contribution >= 4 is 147 Å². The lowest BCUT2D eigenvalue weighted by Crippen LogP contribution is -2.41. The number of carbonyl (C=O) groups excluding carboxylic acids is 2. The van der Waals surface area contributed by atoms with Crippen LogP contribution >= 0.6 is 136 Å². The van der Waals surface area contributed by atoms with Gasteiger partial charge in [0.2, 0.25) is 0 Å². The number of rotatable bonds is 8. The summed E-state index contributed by atoms with van der Waals surface area (Å²) in [6.45, 7) is -1.64. The molecular formula is C19H14I6O6. The molecule has 6 nitrogen and oxygen atoms in total. The van der Waals surface area contributed by atoms with Gasteiger partial charge in [0.15, 0.2) is 0 Å². The van der Waals surface area contributed by atoms with Crippen molar-refractivity contribution in [3.8, 4) is 0 Å². The molecule has 0 atom stereocenters. The number of esters is 2. The van der Waals surface area contributed by atoms with Crippen molar-refractivity contribution < 1.29 is 29.3 Å². The first-order chi connectivity index (χ1) is 14.5. The van der Waals surface area contributed by atoms with Gasteiger partial charge in [0.1, 0.15) is 13.2 Å². The molecule has 0 aliphatic carbocycles. The van der Waals surface area contributed by atoms with Crippen LogP contribution in [0.4, 0.5) is 0 Å². The monoisotopic (exact) mass is 1100 g/mol. The van der Waals surface area contributed by atoms with Crippen molar-refractivity contribution in [3.05, 3.63) is 56.8 Å². The lowest BCUT2D eigenvalue weighted by Gasteiger charge is -2.28. The van der Waals surface area contributed by atoms with Crippen molar-refractivity contribution in [2.75, 3.05) is 26.4 Å². The maximum atomic E-state index is 12.6. The Morgan fingerprint density at radius 1 is 0.710 bits per heavy atom. The van der Waals surface area contributed by atoms with Crippen molar-refractivity contribution in [1.82, 2.24) is 0 Å². The van der Waals surface area contributed by atoms with Crippen molar-refractivity contribution in [2.45, 2.75) is 0 Å². The highest BCUT2D eigenvalue weighted by molar-refractivity contribution is 14.1. The van der Waals surface area contributed by atoms with E-state index >= 15 is 0 Å². The molecule has 2 rings (SSSR count). The molecule has 0 spiro atoms. The van der Waals surface area contributed by atoms with Gasteiger partial charge in [-0.05, 0) is 160 Å². The van der Waals surface area contributed by atoms with Crippen LogP contribution < -0.4 is 0 Å². The fourth-order valence-electron chi connectivity index (χ4n) is 2.28. The molecule has 0 fully saturated rings. The molecule has 0 amide bonds. The minimum absolute atomic E-state index is 0.300. The molecule has 0 saturated heterocycles. The van der Waals surface area contributed by atoms with Gasteiger partial charge in [-0.3, -0.25) is 0 Å². The molecule has 0 heterocycles. The highest BCUT2D eigenvalue weighted by Crippen LogP contribution is 2.26. The predicted octanol–water partition coefficient (Wildman–Crippen LogP) is 5.30. The fourth-order valence-corrected chi connectivity index (χ4v) is 7.03. The second kappa shape index (κ2) is 13.1. The van der Waals surface area contributed by atoms with Crippen LogP contribution in [-0.4, -0.2) is 48.6 Å². The Morgan fingerprint density at radius 3 is 1.39 bits per heavy atom. The van der Waals surface area contributed by atoms with Gasteiger partial charge in [0.25, 0.3) is 0 Å². The number of hydrogen-bond acceptors (Lipinski definition) is 6. The lowest BCUT2D eigenvalue weighted by molar-refractivity contribution is -0.0523. The molecule has 0 aromatic heterocycles. The van der Waals surface area contributed by atoms with E-state index in [9.17, 15) is 19.8 Å². The van der Waals surface area contributed by atoms with Gasteiger partial charge in [0, 0.05) is 21.4 Å². The Labute approximate surface area is 261 Å². The van der Waals surface area contributed by atoms with Gasteiger partial charge >= 0.3 is 11.9 Å². The summed E-state index contributed by atoms with van der Waals surface area (Å²) in [6.07, 6.45) is 0. The van der Waals surface area contributed by atoms with Crippen LogP contribution in [0.5, 0.6) is 0 Å². The highest BCUT2D eigenvalue weighted by Gasteiger charge is 2.34. The summed E-state index contributed by atoms with van der Waals surface area (Å²) < 4.78 is 15.9. The first-order valence-electron chi connectivity index (χ1n) is 8.38. The Kier molecular flexibility index (Phi) is 12.2. The minimum Gasteiger partial charge on any atom is -0.461 e. The van der Waals surface area contributed by atoms with Crippen LogP contribution in [-0.2, 0) is 9.47 Å². The van der Waals surface area contributed by atoms with E-state index in [4.69, 9.17) is 9.47 Å². The first-order valence-corrected chi connectivity index (χ1v) is 14.9. The summed E-state index contributed by atoms with van der Waals surface area (Å²) in [5, 5.41) is 19.8. The Hall–Kier alpha value is 1.68. The van der Waals surface area contributed by atoms with E-state index in [2.05, 4.69) is 136 Å². The van der Waals surface area contributed by atoms with E-state index in [-0.39, 0.29) is 13.2 Å². The number of aliphatic hydroxyl groups excluding tert-OH is 2. The van der Waals surface area contributed by atoms with Crippen LogP contribution in [0.3, 0.4) is 0 Å². The summed E-state index contributed by atoms with van der Waals surface area (Å²) >= 11 is 12.7. The average molecular weight is 1100 g/mol. The molecule has 31 heavy (non-hydrogen) atoms. The van der Waals surface area contributed by atoms with Crippen molar-refractivity contribution in [1.29, 1.82) is 0 Å². The van der Waals surface area contributed by atoms with Crippen LogP contribution in [0.15, 0.2) is 24.3 Å². The second-order valence-corrected chi connectivity index (χ2v) is 13.4. The third kappa shape index (κ3) is 7.84. The van der Waals surface area contributed by atoms with E-state index < -0.39 is 30.6 Å². The quantitative estimate of drug-likeness (QED) is 0.212. The molecule has 2 aromatic rings. The Bertz CT molecular complexity index is 917. The highest BCUT2D eigenvalue weighted by atomic mass is 127. The molecule has 0 saturated carbocycles. The lowest BCUT2D eigenvalue weighted by atomic mass is 9.92. The zero-order chi connectivity index (χ0) is 23.3. The van der Waals surface area contributed by atoms with Crippen LogP contribution in [0.1, 0.15) is 20.7 Å². The third-order valence-electron chi connectivity index (χ3n) is 4.12. The molecular weight excluding hydrogens is 1090 g/mol. The SMILES string of the molecule is O=C(OCC(CO)(CO)COC(=O)c1cc(I)cc(I)c1I)c1cc(I)cc(I)c1I. The summed E-state index contributed by atoms with van der Waals surface area (Å²) in [6, 6.07) is 7.32. The molecule has 0 aliphatic heterocycles. The number of hydrogen-bond donors (Lipinski definition) is 2. The fraction of sp³-hybridized carbons (Fsp3) is 0.263. The summed E-state index contributed by atoms with van der Waals surface area (Å²) in [5.74, 6) is -1.14. The van der Waals surface area contributed by atoms with Gasteiger partial charge in [-0.1, -0.05) is 0 Å². The molecule has 12 heteroatoms. The van der Waals surface area contributed by atoms with Crippen molar-refractivity contribution in [3.63, 3.8) is 0 Å². The Balaban J connectivity index is 2.12. The Morgan fingerprint density at radius 2 is 1.06 bits per heavy atom. The van der Waals surface area contributed by atoms with Gasteiger partial charge in [-0.25, -0.2) is 9.59 Å². The number of carbonyl (C=O) groups is 2. The van der Waals surface area contributed by atoms with E-state index in [0.717, 1.165) is 21.4 Å². The van der Waals surface area contributed by atoms with Crippen LogP contribution in [0.2, 0.25) is 0 Å². The first kappa shape index (κ1) is 28.9. The van der Waals surface area contributed by atoms with E-state index in [1.807, 2.05) is 12.1 Å². The number of benzene rings is 2. The van der Waals surface area contributed by atoms with Gasteiger partial charge in [-0.15, -0.1) is 0 Å². The number of ether oxygens (including phenoxy) is 2. The van der Waals surface area contributed by atoms with E-state index in [1.165, 1.54) is 0 Å². The molecule has 2 N–H and O–H groups in total. The topological polar surface area (TPSA) is 93.1 Å². The summed E-state index contributed by atoms with van der Waals surface area (Å²) in [5.41, 5.74) is -0.504. The largest absolute Gasteiger partial charge is 0.461 e. The summed E-state index contributed by atoms with van der Waals surface area (Å²) in [4.78, 5) is 25.2. The number of halogens is 6. The molecule has 0 unspecified atom stereocenters. The zero-order valence-corrected chi connectivity index (χ0v) is 28.4. The van der Waals surface area contributed by atoms with Crippen LogP contribution in [0.25, 0.3) is 0 Å². The smallest absolute Gasteiger partial charge is 0.339 e. The number of aliphatic hydroxyl groups is 2. The van der Waals surface area contributed by atoms with Gasteiger partial charge in [0.05, 0.1) is 29.8 Å². The molecule has 0 bridgehead atoms. The molecule has 2 aromatic carbocycles. The minimum atomic E-state index is -1.31. The molecule has 0 radical (unpaired) electrons. The van der Waals surface area contributed by atoms with Gasteiger partial charge in [-0.2, -0.15) is 0 Å². The maximum Gasteiger partial charge on any atom is 0.339 e. The van der Waals surface area contributed by atoms with E-state index in [1.54, 1.807) is 12.1 Å². The van der Waals surface area contributed by atoms with E-state index in [0.29, 0.717) is 11.1 Å². The predicted molar refractivity (Wildman–Crippen MR) is 166 cm³/mol. The molecule has 0 aliphatic rings. The second-order valence-electron chi connectivity index (χ2n) is 6.47. The van der Waals surface area contributed by atoms with Crippen LogP contribution in [0, 0.1) is 26.8 Å². The maximum absolute atomic E-state index is 12.6. The standard InChI is InChI=1S/C19H14I6O6/c20-9-1-11(15(24)13(22)3-9)17(28)30-7-19(5-26,6-27)8-31-18(29)12-2-10(21)4-14(23)16(12)25/h1-4,26-27H,5-8H2. The third-order valence-corrected chi connectivity index (χ3v) is 11.5. The average Bonchev–Trinajstić information content (AvgIpc) is 2.73. The normalized spacial score (nSPS) is 11.4. The molecule has 168 valence electrons.